The lowest BCUT2D eigenvalue weighted by molar-refractivity contribution is -0.115. The molecular formula is C16H16N4O7. The lowest BCUT2D eigenvalue weighted by atomic mass is 10.00. The number of nitrogens with one attached hydrogen (secondary N) is 4. The molecule has 0 atom stereocenters. The van der Waals surface area contributed by atoms with Gasteiger partial charge in [-0.25, -0.2) is 9.59 Å². The summed E-state index contributed by atoms with van der Waals surface area (Å²) in [6.45, 7) is 4.60. The van der Waals surface area contributed by atoms with Crippen molar-refractivity contribution in [3.05, 3.63) is 11.1 Å². The summed E-state index contributed by atoms with van der Waals surface area (Å²) in [4.78, 5) is 70.9. The molecule has 0 bridgehead atoms. The summed E-state index contributed by atoms with van der Waals surface area (Å²) in [5.41, 5.74) is -1.53. The first kappa shape index (κ1) is 19.6. The zero-order chi connectivity index (χ0) is 20.5. The van der Waals surface area contributed by atoms with Gasteiger partial charge < -0.3 is 26.0 Å². The molecule has 0 unspecified atom stereocenters. The highest BCUT2D eigenvalue weighted by Crippen LogP contribution is 2.46. The molecular weight excluding hydrogens is 360 g/mol. The first-order chi connectivity index (χ1) is 12.5. The number of carbonyl (C=O) groups excluding carboxylic acids is 6. The molecule has 1 aliphatic heterocycles. The number of hydrogen-bond donors (Lipinski definition) is 4. The van der Waals surface area contributed by atoms with Crippen LogP contribution in [-0.4, -0.2) is 35.6 Å². The number of benzene rings is 1. The van der Waals surface area contributed by atoms with E-state index in [0.717, 1.165) is 27.7 Å². The van der Waals surface area contributed by atoms with Gasteiger partial charge in [0.1, 0.15) is 11.1 Å². The Morgan fingerprint density at radius 1 is 0.556 bits per heavy atom. The van der Waals surface area contributed by atoms with E-state index < -0.39 is 35.6 Å². The summed E-state index contributed by atoms with van der Waals surface area (Å²) in [6, 6.07) is 0. The van der Waals surface area contributed by atoms with E-state index in [1.54, 1.807) is 0 Å². The lowest BCUT2D eigenvalue weighted by Crippen LogP contribution is -2.21. The van der Waals surface area contributed by atoms with E-state index in [1.807, 2.05) is 0 Å². The van der Waals surface area contributed by atoms with E-state index in [1.165, 1.54) is 0 Å². The molecule has 11 heteroatoms. The van der Waals surface area contributed by atoms with Gasteiger partial charge in [0.05, 0.1) is 22.7 Å². The van der Waals surface area contributed by atoms with Gasteiger partial charge in [-0.1, -0.05) is 0 Å². The number of fused-ring (bicyclic) bond motifs is 1. The SMILES string of the molecule is CC(=O)Nc1c(NC(C)=O)c(NC(C)=O)c2c(c1NC(C)=O)C(=O)OC2=O. The van der Waals surface area contributed by atoms with Crippen molar-refractivity contribution in [2.45, 2.75) is 27.7 Å². The number of ether oxygens (including phenoxy) is 1. The Balaban J connectivity index is 2.99. The molecule has 0 aliphatic carbocycles. The normalized spacial score (nSPS) is 12.0. The van der Waals surface area contributed by atoms with E-state index in [2.05, 4.69) is 26.0 Å². The molecule has 2 rings (SSSR count). The molecule has 0 radical (unpaired) electrons. The van der Waals surface area contributed by atoms with Crippen LogP contribution >= 0.6 is 0 Å². The Bertz CT molecular complexity index is 847. The summed E-state index contributed by atoms with van der Waals surface area (Å²) in [5, 5.41) is 9.49. The maximum atomic E-state index is 12.2. The molecule has 4 N–H and O–H groups in total. The van der Waals surface area contributed by atoms with Crippen LogP contribution in [0.3, 0.4) is 0 Å². The van der Waals surface area contributed by atoms with Gasteiger partial charge in [-0.2, -0.15) is 0 Å². The molecule has 1 heterocycles. The maximum Gasteiger partial charge on any atom is 0.349 e. The highest BCUT2D eigenvalue weighted by Gasteiger charge is 2.40. The Morgan fingerprint density at radius 2 is 0.815 bits per heavy atom. The minimum atomic E-state index is -1.08. The average Bonchev–Trinajstić information content (AvgIpc) is 2.79. The molecule has 0 aromatic heterocycles. The van der Waals surface area contributed by atoms with E-state index in [-0.39, 0.29) is 33.9 Å². The molecule has 0 fully saturated rings. The van der Waals surface area contributed by atoms with Gasteiger partial charge in [-0.3, -0.25) is 19.2 Å². The first-order valence-corrected chi connectivity index (χ1v) is 7.63. The monoisotopic (exact) mass is 376 g/mol. The molecule has 4 amide bonds. The Hall–Kier alpha value is -3.76. The van der Waals surface area contributed by atoms with Crippen LogP contribution in [0.1, 0.15) is 48.4 Å². The molecule has 27 heavy (non-hydrogen) atoms. The minimum absolute atomic E-state index is 0.179. The number of carbonyl (C=O) groups is 6. The van der Waals surface area contributed by atoms with Crippen LogP contribution in [0.4, 0.5) is 22.7 Å². The first-order valence-electron chi connectivity index (χ1n) is 7.63. The van der Waals surface area contributed by atoms with Gasteiger partial charge in [-0.15, -0.1) is 0 Å². The topological polar surface area (TPSA) is 160 Å². The largest absolute Gasteiger partial charge is 0.386 e. The van der Waals surface area contributed by atoms with Crippen molar-refractivity contribution in [2.75, 3.05) is 21.3 Å². The summed E-state index contributed by atoms with van der Waals surface area (Å²) in [6.07, 6.45) is 0. The van der Waals surface area contributed by atoms with Gasteiger partial charge in [0.2, 0.25) is 23.6 Å². The van der Waals surface area contributed by atoms with Crippen LogP contribution in [0.15, 0.2) is 0 Å². The molecule has 0 saturated heterocycles. The number of hydrogen-bond acceptors (Lipinski definition) is 7. The Labute approximate surface area is 152 Å². The fourth-order valence-corrected chi connectivity index (χ4v) is 2.55. The predicted octanol–water partition coefficient (Wildman–Crippen LogP) is 0.831. The number of cyclic esters (lactones) is 2. The third kappa shape index (κ3) is 3.92. The highest BCUT2D eigenvalue weighted by atomic mass is 16.6. The number of esters is 2. The molecule has 142 valence electrons. The van der Waals surface area contributed by atoms with Crippen molar-refractivity contribution in [1.82, 2.24) is 0 Å². The average molecular weight is 376 g/mol. The molecule has 11 nitrogen and oxygen atoms in total. The molecule has 1 aromatic rings. The van der Waals surface area contributed by atoms with E-state index in [0.29, 0.717) is 0 Å². The van der Waals surface area contributed by atoms with Crippen molar-refractivity contribution in [2.24, 2.45) is 0 Å². The van der Waals surface area contributed by atoms with Crippen molar-refractivity contribution < 1.29 is 33.5 Å². The second kappa shape index (κ2) is 7.23. The predicted molar refractivity (Wildman–Crippen MR) is 93.4 cm³/mol. The minimum Gasteiger partial charge on any atom is -0.386 e. The summed E-state index contributed by atoms with van der Waals surface area (Å²) >= 11 is 0. The van der Waals surface area contributed by atoms with Crippen LogP contribution in [0.2, 0.25) is 0 Å². The van der Waals surface area contributed by atoms with Crippen molar-refractivity contribution >= 4 is 58.3 Å². The van der Waals surface area contributed by atoms with Crippen LogP contribution in [0, 0.1) is 0 Å². The van der Waals surface area contributed by atoms with Crippen LogP contribution < -0.4 is 21.3 Å². The van der Waals surface area contributed by atoms with Crippen LogP contribution in [-0.2, 0) is 23.9 Å². The quantitative estimate of drug-likeness (QED) is 0.447. The van der Waals surface area contributed by atoms with Gasteiger partial charge in [0, 0.05) is 27.7 Å². The Kier molecular flexibility index (Phi) is 5.24. The summed E-state index contributed by atoms with van der Waals surface area (Å²) in [5.74, 6) is -4.58. The van der Waals surface area contributed by atoms with Gasteiger partial charge in [0.15, 0.2) is 0 Å². The van der Waals surface area contributed by atoms with E-state index in [9.17, 15) is 28.8 Å². The maximum absolute atomic E-state index is 12.2. The summed E-state index contributed by atoms with van der Waals surface area (Å²) < 4.78 is 4.59. The number of amides is 4. The van der Waals surface area contributed by atoms with Crippen molar-refractivity contribution in [3.63, 3.8) is 0 Å². The van der Waals surface area contributed by atoms with Crippen molar-refractivity contribution in [1.29, 1.82) is 0 Å². The summed E-state index contributed by atoms with van der Waals surface area (Å²) in [7, 11) is 0. The van der Waals surface area contributed by atoms with Crippen LogP contribution in [0.25, 0.3) is 0 Å². The molecule has 1 aromatic carbocycles. The fraction of sp³-hybridized carbons (Fsp3) is 0.250. The molecule has 0 saturated carbocycles. The smallest absolute Gasteiger partial charge is 0.349 e. The zero-order valence-electron chi connectivity index (χ0n) is 14.9. The lowest BCUT2D eigenvalue weighted by Gasteiger charge is -2.21. The standard InChI is InChI=1S/C16H16N4O7/c1-5(21)17-11-9-10(16(26)27-15(9)25)12(18-6(2)22)14(20-8(4)24)13(11)19-7(3)23/h1-4H3,(H,17,21)(H,18,22)(H,19,23)(H,20,24). The van der Waals surface area contributed by atoms with Gasteiger partial charge >= 0.3 is 11.9 Å². The zero-order valence-corrected chi connectivity index (χ0v) is 14.9. The number of rotatable bonds is 4. The van der Waals surface area contributed by atoms with E-state index >= 15 is 0 Å². The second-order valence-corrected chi connectivity index (χ2v) is 5.65. The third-order valence-electron chi connectivity index (χ3n) is 3.30. The molecule has 1 aliphatic rings. The van der Waals surface area contributed by atoms with Crippen LogP contribution in [0.5, 0.6) is 0 Å². The van der Waals surface area contributed by atoms with Gasteiger partial charge in [0.25, 0.3) is 0 Å². The third-order valence-corrected chi connectivity index (χ3v) is 3.30. The Morgan fingerprint density at radius 3 is 1.07 bits per heavy atom. The van der Waals surface area contributed by atoms with Gasteiger partial charge in [-0.05, 0) is 0 Å². The van der Waals surface area contributed by atoms with E-state index in [4.69, 9.17) is 0 Å². The van der Waals surface area contributed by atoms with Crippen molar-refractivity contribution in [3.8, 4) is 0 Å². The second-order valence-electron chi connectivity index (χ2n) is 5.65. The highest BCUT2D eigenvalue weighted by molar-refractivity contribution is 6.27. The number of anilines is 4. The molecule has 0 spiro atoms. The fourth-order valence-electron chi connectivity index (χ4n) is 2.55.